The van der Waals surface area contributed by atoms with Gasteiger partial charge in [0.2, 0.25) is 0 Å². The van der Waals surface area contributed by atoms with Crippen LogP contribution >= 0.6 is 11.6 Å². The van der Waals surface area contributed by atoms with Gasteiger partial charge in [0.15, 0.2) is 5.78 Å². The third-order valence-corrected chi connectivity index (χ3v) is 2.10. The van der Waals surface area contributed by atoms with E-state index in [1.54, 1.807) is 12.1 Å². The number of carbonyl (C=O) groups is 1. The van der Waals surface area contributed by atoms with Gasteiger partial charge in [-0.25, -0.2) is 4.39 Å². The number of hydrogen-bond donors (Lipinski definition) is 0. The summed E-state index contributed by atoms with van der Waals surface area (Å²) in [6.45, 7) is 1.95. The molecular formula is C10H10ClFO. The van der Waals surface area contributed by atoms with Crippen molar-refractivity contribution in [2.75, 3.05) is 5.88 Å². The largest absolute Gasteiger partial charge is 0.293 e. The van der Waals surface area contributed by atoms with Gasteiger partial charge in [0, 0.05) is 0 Å². The number of halogens is 2. The minimum absolute atomic E-state index is 0.0920. The molecule has 0 aliphatic rings. The molecule has 0 bridgehead atoms. The highest BCUT2D eigenvalue weighted by Crippen LogP contribution is 2.12. The average molecular weight is 201 g/mol. The number of benzene rings is 1. The van der Waals surface area contributed by atoms with Gasteiger partial charge >= 0.3 is 0 Å². The fourth-order valence-electron chi connectivity index (χ4n) is 1.08. The van der Waals surface area contributed by atoms with Gasteiger partial charge in [0.1, 0.15) is 5.82 Å². The molecule has 13 heavy (non-hydrogen) atoms. The number of ketones is 1. The fraction of sp³-hybridized carbons (Fsp3) is 0.300. The van der Waals surface area contributed by atoms with Gasteiger partial charge in [0.05, 0.1) is 11.4 Å². The summed E-state index contributed by atoms with van der Waals surface area (Å²) in [6.07, 6.45) is 0.781. The lowest BCUT2D eigenvalue weighted by molar-refractivity contribution is 0.101. The Hall–Kier alpha value is -0.890. The molecule has 0 atom stereocenters. The molecule has 1 aromatic rings. The zero-order valence-corrected chi connectivity index (χ0v) is 8.07. The number of carbonyl (C=O) groups excluding carboxylic acids is 1. The molecular weight excluding hydrogens is 191 g/mol. The second-order valence-corrected chi connectivity index (χ2v) is 2.99. The third-order valence-electron chi connectivity index (χ3n) is 1.86. The Morgan fingerprint density at radius 2 is 2.23 bits per heavy atom. The number of hydrogen-bond acceptors (Lipinski definition) is 1. The third kappa shape index (κ3) is 2.28. The first-order valence-corrected chi connectivity index (χ1v) is 4.60. The monoisotopic (exact) mass is 200 g/mol. The minimum Gasteiger partial charge on any atom is -0.293 e. The van der Waals surface area contributed by atoms with E-state index in [0.717, 1.165) is 12.0 Å². The van der Waals surface area contributed by atoms with Crippen molar-refractivity contribution in [3.8, 4) is 0 Å². The van der Waals surface area contributed by atoms with Crippen LogP contribution in [0.2, 0.25) is 0 Å². The van der Waals surface area contributed by atoms with E-state index in [2.05, 4.69) is 0 Å². The van der Waals surface area contributed by atoms with Crippen LogP contribution in [0.1, 0.15) is 22.8 Å². The number of Topliss-reactive ketones (excluding diaryl/α,β-unsaturated/α-hetero) is 1. The molecule has 3 heteroatoms. The van der Waals surface area contributed by atoms with Crippen LogP contribution in [0.15, 0.2) is 18.2 Å². The molecule has 0 aromatic heterocycles. The van der Waals surface area contributed by atoms with E-state index in [1.807, 2.05) is 6.92 Å². The summed E-state index contributed by atoms with van der Waals surface area (Å²) >= 11 is 5.34. The highest BCUT2D eigenvalue weighted by molar-refractivity contribution is 6.30. The maximum Gasteiger partial charge on any atom is 0.180 e. The van der Waals surface area contributed by atoms with Crippen molar-refractivity contribution in [2.45, 2.75) is 13.3 Å². The Labute approximate surface area is 81.5 Å². The summed E-state index contributed by atoms with van der Waals surface area (Å²) in [4.78, 5) is 11.1. The summed E-state index contributed by atoms with van der Waals surface area (Å²) in [5.74, 6) is -1.04. The number of rotatable bonds is 3. The normalized spacial score (nSPS) is 10.1. The molecule has 0 fully saturated rings. The van der Waals surface area contributed by atoms with Gasteiger partial charge in [0.25, 0.3) is 0 Å². The van der Waals surface area contributed by atoms with Crippen molar-refractivity contribution in [3.63, 3.8) is 0 Å². The lowest BCUT2D eigenvalue weighted by atomic mass is 10.1. The molecule has 0 aliphatic carbocycles. The molecule has 0 aliphatic heterocycles. The fourth-order valence-corrected chi connectivity index (χ4v) is 1.22. The van der Waals surface area contributed by atoms with Crippen molar-refractivity contribution in [3.05, 3.63) is 35.1 Å². The predicted molar refractivity (Wildman–Crippen MR) is 50.8 cm³/mol. The van der Waals surface area contributed by atoms with Crippen molar-refractivity contribution in [1.29, 1.82) is 0 Å². The molecule has 0 spiro atoms. The smallest absolute Gasteiger partial charge is 0.180 e. The Morgan fingerprint density at radius 3 is 2.77 bits per heavy atom. The van der Waals surface area contributed by atoms with Gasteiger partial charge < -0.3 is 0 Å². The van der Waals surface area contributed by atoms with E-state index in [0.29, 0.717) is 0 Å². The highest BCUT2D eigenvalue weighted by atomic mass is 35.5. The van der Waals surface area contributed by atoms with Crippen molar-refractivity contribution >= 4 is 17.4 Å². The van der Waals surface area contributed by atoms with E-state index >= 15 is 0 Å². The summed E-state index contributed by atoms with van der Waals surface area (Å²) in [6, 6.07) is 4.53. The summed E-state index contributed by atoms with van der Waals surface area (Å²) in [5, 5.41) is 0. The van der Waals surface area contributed by atoms with Crippen LogP contribution in [-0.2, 0) is 6.42 Å². The molecule has 1 nitrogen and oxygen atoms in total. The predicted octanol–water partition coefficient (Wildman–Crippen LogP) is 2.81. The molecule has 0 saturated heterocycles. The van der Waals surface area contributed by atoms with Gasteiger partial charge in [-0.05, 0) is 24.1 Å². The van der Waals surface area contributed by atoms with E-state index in [9.17, 15) is 9.18 Å². The van der Waals surface area contributed by atoms with Crippen LogP contribution in [0, 0.1) is 5.82 Å². The lowest BCUT2D eigenvalue weighted by Gasteiger charge is -2.02. The molecule has 0 radical (unpaired) electrons. The molecule has 0 N–H and O–H groups in total. The van der Waals surface area contributed by atoms with Crippen LogP contribution in [0.4, 0.5) is 4.39 Å². The molecule has 0 amide bonds. The van der Waals surface area contributed by atoms with E-state index in [1.165, 1.54) is 6.07 Å². The Balaban J connectivity index is 3.11. The van der Waals surface area contributed by atoms with Crippen LogP contribution in [0.5, 0.6) is 0 Å². The van der Waals surface area contributed by atoms with Crippen molar-refractivity contribution in [2.24, 2.45) is 0 Å². The van der Waals surface area contributed by atoms with Gasteiger partial charge in [-0.15, -0.1) is 11.6 Å². The maximum atomic E-state index is 13.1. The maximum absolute atomic E-state index is 13.1. The average Bonchev–Trinajstić information content (AvgIpc) is 2.17. The van der Waals surface area contributed by atoms with Crippen LogP contribution in [0.25, 0.3) is 0 Å². The minimum atomic E-state index is -0.497. The molecule has 0 saturated carbocycles. The first kappa shape index (κ1) is 10.2. The Morgan fingerprint density at radius 1 is 1.54 bits per heavy atom. The Kier molecular flexibility index (Phi) is 3.43. The van der Waals surface area contributed by atoms with Crippen molar-refractivity contribution < 1.29 is 9.18 Å². The van der Waals surface area contributed by atoms with E-state index in [-0.39, 0.29) is 17.2 Å². The quantitative estimate of drug-likeness (QED) is 0.542. The summed E-state index contributed by atoms with van der Waals surface area (Å²) < 4.78 is 13.1. The van der Waals surface area contributed by atoms with Crippen LogP contribution < -0.4 is 0 Å². The molecule has 70 valence electrons. The highest BCUT2D eigenvalue weighted by Gasteiger charge is 2.10. The molecule has 0 unspecified atom stereocenters. The molecule has 1 aromatic carbocycles. The van der Waals surface area contributed by atoms with Gasteiger partial charge in [-0.1, -0.05) is 13.0 Å². The first-order valence-electron chi connectivity index (χ1n) is 4.06. The standard InChI is InChI=1S/C10H10ClFO/c1-2-7-3-4-9(12)8(5-7)10(13)6-11/h3-5H,2,6H2,1H3. The summed E-state index contributed by atoms with van der Waals surface area (Å²) in [7, 11) is 0. The van der Waals surface area contributed by atoms with E-state index < -0.39 is 5.82 Å². The topological polar surface area (TPSA) is 17.1 Å². The zero-order chi connectivity index (χ0) is 9.84. The Bertz CT molecular complexity index is 323. The van der Waals surface area contributed by atoms with E-state index in [4.69, 9.17) is 11.6 Å². The second-order valence-electron chi connectivity index (χ2n) is 2.72. The zero-order valence-electron chi connectivity index (χ0n) is 7.31. The van der Waals surface area contributed by atoms with Gasteiger partial charge in [-0.2, -0.15) is 0 Å². The number of aryl methyl sites for hydroxylation is 1. The SMILES string of the molecule is CCc1ccc(F)c(C(=O)CCl)c1. The van der Waals surface area contributed by atoms with Crippen LogP contribution in [0.3, 0.4) is 0 Å². The van der Waals surface area contributed by atoms with Gasteiger partial charge in [-0.3, -0.25) is 4.79 Å². The molecule has 1 rings (SSSR count). The second kappa shape index (κ2) is 4.38. The first-order chi connectivity index (χ1) is 6.19. The summed E-state index contributed by atoms with van der Waals surface area (Å²) in [5.41, 5.74) is 1.03. The van der Waals surface area contributed by atoms with Crippen molar-refractivity contribution in [1.82, 2.24) is 0 Å². The number of alkyl halides is 1. The lowest BCUT2D eigenvalue weighted by Crippen LogP contribution is -2.04. The molecule has 0 heterocycles. The van der Waals surface area contributed by atoms with Crippen LogP contribution in [-0.4, -0.2) is 11.7 Å².